The minimum atomic E-state index is -4.71. The number of hydrogen-bond acceptors (Lipinski definition) is 4. The Labute approximate surface area is 303 Å². The van der Waals surface area contributed by atoms with Gasteiger partial charge < -0.3 is 20.2 Å². The van der Waals surface area contributed by atoms with Gasteiger partial charge in [-0.05, 0) is 44.9 Å². The number of hydrogen-bond donors (Lipinski definition) is 4. The van der Waals surface area contributed by atoms with Gasteiger partial charge in [-0.2, -0.15) is 0 Å². The third kappa shape index (κ3) is 38.1. The van der Waals surface area contributed by atoms with Crippen LogP contribution in [0.5, 0.6) is 0 Å². The molecule has 290 valence electrons. The molecule has 0 unspecified atom stereocenters. The van der Waals surface area contributed by atoms with Gasteiger partial charge >= 0.3 is 7.82 Å². The molecule has 0 saturated carbocycles. The van der Waals surface area contributed by atoms with E-state index in [0.29, 0.717) is 6.42 Å². The number of nitrogens with one attached hydrogen (secondary N) is 1. The monoisotopic (exact) mass is 714 g/mol. The molecule has 0 saturated heterocycles. The van der Waals surface area contributed by atoms with Gasteiger partial charge in [-0.1, -0.05) is 186 Å². The molecule has 0 rings (SSSR count). The van der Waals surface area contributed by atoms with E-state index in [4.69, 9.17) is 9.79 Å². The fourth-order valence-corrected chi connectivity index (χ4v) is 6.57. The molecule has 49 heavy (non-hydrogen) atoms. The van der Waals surface area contributed by atoms with Crippen molar-refractivity contribution in [3.8, 4) is 0 Å². The van der Waals surface area contributed by atoms with Crippen molar-refractivity contribution >= 4 is 13.7 Å². The second kappa shape index (κ2) is 36.8. The molecule has 2 atom stereocenters. The number of aliphatic hydroxyl groups is 1. The van der Waals surface area contributed by atoms with E-state index in [2.05, 4.69) is 35.8 Å². The van der Waals surface area contributed by atoms with Crippen molar-refractivity contribution in [2.24, 2.45) is 0 Å². The lowest BCUT2D eigenvalue weighted by atomic mass is 10.0. The van der Waals surface area contributed by atoms with Crippen LogP contribution in [0.1, 0.15) is 213 Å². The van der Waals surface area contributed by atoms with Gasteiger partial charge in [0.15, 0.2) is 0 Å². The SMILES string of the molecule is CCCCCCCC/C=C/CCCCCCCCCCCCCCCC(=O)N[C@@H](COP(=O)(O)O)[C@H](O)/C=C/CCCCCCCCCC. The van der Waals surface area contributed by atoms with Gasteiger partial charge in [-0.3, -0.25) is 9.32 Å². The van der Waals surface area contributed by atoms with Crippen LogP contribution in [0.2, 0.25) is 0 Å². The van der Waals surface area contributed by atoms with E-state index >= 15 is 0 Å². The Hall–Kier alpha value is -0.980. The van der Waals surface area contributed by atoms with E-state index in [1.165, 1.54) is 154 Å². The highest BCUT2D eigenvalue weighted by molar-refractivity contribution is 7.46. The Morgan fingerprint density at radius 2 is 0.918 bits per heavy atom. The molecule has 0 aromatic rings. The smallest absolute Gasteiger partial charge is 0.387 e. The van der Waals surface area contributed by atoms with E-state index in [9.17, 15) is 14.5 Å². The molecule has 0 bridgehead atoms. The molecule has 0 aromatic carbocycles. The van der Waals surface area contributed by atoms with Gasteiger partial charge in [0.2, 0.25) is 5.91 Å². The van der Waals surface area contributed by atoms with Crippen molar-refractivity contribution in [2.45, 2.75) is 225 Å². The maximum absolute atomic E-state index is 12.5. The van der Waals surface area contributed by atoms with Crippen LogP contribution in [0.15, 0.2) is 24.3 Å². The number of amides is 1. The molecule has 8 heteroatoms. The highest BCUT2D eigenvalue weighted by Gasteiger charge is 2.24. The number of carbonyl (C=O) groups is 1. The minimum Gasteiger partial charge on any atom is -0.387 e. The fraction of sp³-hybridized carbons (Fsp3) is 0.878. The number of phosphoric ester groups is 1. The van der Waals surface area contributed by atoms with Crippen molar-refractivity contribution in [1.29, 1.82) is 0 Å². The molecule has 0 heterocycles. The first-order valence-electron chi connectivity index (χ1n) is 20.8. The average molecular weight is 714 g/mol. The van der Waals surface area contributed by atoms with Crippen molar-refractivity contribution in [2.75, 3.05) is 6.61 Å². The molecule has 0 spiro atoms. The molecular formula is C41H80NO6P. The van der Waals surface area contributed by atoms with Gasteiger partial charge in [0.1, 0.15) is 0 Å². The van der Waals surface area contributed by atoms with Crippen LogP contribution in [0.4, 0.5) is 0 Å². The van der Waals surface area contributed by atoms with Crippen LogP contribution in [-0.4, -0.2) is 39.6 Å². The summed E-state index contributed by atoms with van der Waals surface area (Å²) in [6, 6.07) is -0.906. The molecule has 7 nitrogen and oxygen atoms in total. The van der Waals surface area contributed by atoms with Gasteiger partial charge in [0.05, 0.1) is 18.8 Å². The minimum absolute atomic E-state index is 0.227. The Balaban J connectivity index is 3.83. The first kappa shape index (κ1) is 48.0. The summed E-state index contributed by atoms with van der Waals surface area (Å²) in [6.07, 6.45) is 45.0. The summed E-state index contributed by atoms with van der Waals surface area (Å²) in [6.45, 7) is 4.05. The topological polar surface area (TPSA) is 116 Å². The Kier molecular flexibility index (Phi) is 36.1. The van der Waals surface area contributed by atoms with Crippen molar-refractivity contribution < 1.29 is 28.8 Å². The summed E-state index contributed by atoms with van der Waals surface area (Å²) in [5, 5.41) is 13.3. The number of rotatable bonds is 38. The quantitative estimate of drug-likeness (QED) is 0.0287. The van der Waals surface area contributed by atoms with Crippen LogP contribution in [0.3, 0.4) is 0 Å². The fourth-order valence-electron chi connectivity index (χ4n) is 6.22. The molecule has 0 aromatic heterocycles. The lowest BCUT2D eigenvalue weighted by Crippen LogP contribution is -2.45. The first-order chi connectivity index (χ1) is 23.8. The first-order valence-corrected chi connectivity index (χ1v) is 22.3. The Morgan fingerprint density at radius 1 is 0.571 bits per heavy atom. The van der Waals surface area contributed by atoms with Crippen LogP contribution >= 0.6 is 7.82 Å². The van der Waals surface area contributed by atoms with E-state index in [1.54, 1.807) is 6.08 Å². The maximum Gasteiger partial charge on any atom is 0.469 e. The number of unbranched alkanes of at least 4 members (excludes halogenated alkanes) is 27. The normalized spacial score (nSPS) is 13.5. The van der Waals surface area contributed by atoms with Crippen LogP contribution in [0.25, 0.3) is 0 Å². The summed E-state index contributed by atoms with van der Waals surface area (Å²) >= 11 is 0. The van der Waals surface area contributed by atoms with Crippen molar-refractivity contribution in [3.05, 3.63) is 24.3 Å². The zero-order valence-corrected chi connectivity index (χ0v) is 33.0. The van der Waals surface area contributed by atoms with Crippen LogP contribution in [0, 0.1) is 0 Å². The maximum atomic E-state index is 12.5. The standard InChI is InChI=1S/C41H80NO6P/c1-3-5-7-9-11-13-15-16-17-18-19-20-21-22-23-24-25-26-27-29-31-33-35-37-41(44)42-39(38-48-49(45,46)47)40(43)36-34-32-30-28-14-12-10-8-6-4-2/h16-17,34,36,39-40,43H,3-15,18-33,35,37-38H2,1-2H3,(H,42,44)(H2,45,46,47)/b17-16+,36-34+/t39-,40+/m0/s1. The molecular weight excluding hydrogens is 633 g/mol. The lowest BCUT2D eigenvalue weighted by Gasteiger charge is -2.22. The third-order valence-corrected chi connectivity index (χ3v) is 9.89. The van der Waals surface area contributed by atoms with Crippen molar-refractivity contribution in [3.63, 3.8) is 0 Å². The zero-order chi connectivity index (χ0) is 36.1. The highest BCUT2D eigenvalue weighted by atomic mass is 31.2. The van der Waals surface area contributed by atoms with Gasteiger partial charge in [0.25, 0.3) is 0 Å². The van der Waals surface area contributed by atoms with E-state index in [-0.39, 0.29) is 5.91 Å². The van der Waals surface area contributed by atoms with Gasteiger partial charge in [-0.25, -0.2) is 4.57 Å². The number of phosphoric acid groups is 1. The summed E-state index contributed by atoms with van der Waals surface area (Å²) < 4.78 is 15.9. The highest BCUT2D eigenvalue weighted by Crippen LogP contribution is 2.35. The van der Waals surface area contributed by atoms with Crippen molar-refractivity contribution in [1.82, 2.24) is 5.32 Å². The van der Waals surface area contributed by atoms with E-state index in [1.807, 2.05) is 6.08 Å². The molecule has 0 radical (unpaired) electrons. The second-order valence-electron chi connectivity index (χ2n) is 14.3. The predicted octanol–water partition coefficient (Wildman–Crippen LogP) is 12.2. The largest absolute Gasteiger partial charge is 0.469 e. The zero-order valence-electron chi connectivity index (χ0n) is 32.1. The summed E-state index contributed by atoms with van der Waals surface area (Å²) in [5.74, 6) is -0.227. The lowest BCUT2D eigenvalue weighted by molar-refractivity contribution is -0.123. The predicted molar refractivity (Wildman–Crippen MR) is 209 cm³/mol. The number of aliphatic hydroxyl groups excluding tert-OH is 1. The second-order valence-corrected chi connectivity index (χ2v) is 15.5. The summed E-state index contributed by atoms with van der Waals surface area (Å²) in [4.78, 5) is 30.8. The van der Waals surface area contributed by atoms with Gasteiger partial charge in [0, 0.05) is 6.42 Å². The van der Waals surface area contributed by atoms with E-state index in [0.717, 1.165) is 38.5 Å². The van der Waals surface area contributed by atoms with Gasteiger partial charge in [-0.15, -0.1) is 0 Å². The number of allylic oxidation sites excluding steroid dienone is 3. The molecule has 1 amide bonds. The van der Waals surface area contributed by atoms with Crippen LogP contribution < -0.4 is 5.32 Å². The number of carbonyl (C=O) groups excluding carboxylic acids is 1. The molecule has 0 aliphatic carbocycles. The molecule has 0 aliphatic heterocycles. The molecule has 0 aliphatic rings. The van der Waals surface area contributed by atoms with E-state index < -0.39 is 26.6 Å². The summed E-state index contributed by atoms with van der Waals surface area (Å²) in [5.41, 5.74) is 0. The Morgan fingerprint density at radius 3 is 1.31 bits per heavy atom. The average Bonchev–Trinajstić information content (AvgIpc) is 3.07. The third-order valence-electron chi connectivity index (χ3n) is 9.40. The molecule has 0 fully saturated rings. The summed E-state index contributed by atoms with van der Waals surface area (Å²) in [7, 11) is -4.71. The van der Waals surface area contributed by atoms with Crippen LogP contribution in [-0.2, 0) is 13.9 Å². The Bertz CT molecular complexity index is 814. The molecule has 4 N–H and O–H groups in total.